The standard InChI is InChI=1S/C48H34N2O2/c1-3-13-32(14-4-1)37-25-22-33(29-43(37)50-36-15-5-2-6-16-36)34-23-26-40-46(30-34)51-44-20-9-7-17-38(44)48(40)39-18-8-10-21-45(39)52-47-31-35(24-27-41(47)48)42-19-11-12-28-49-42/h1-27,29-31,49-50H,28H2. The summed E-state index contributed by atoms with van der Waals surface area (Å²) in [5.74, 6) is 3.35. The Bertz CT molecular complexity index is 2540. The molecular formula is C48H34N2O2. The van der Waals surface area contributed by atoms with Gasteiger partial charge in [0.1, 0.15) is 23.0 Å². The lowest BCUT2D eigenvalue weighted by molar-refractivity contribution is 0.399. The molecule has 3 heterocycles. The minimum atomic E-state index is -0.656. The SMILES string of the molecule is C1=CCNC(c2ccc3c(c2)Oc2ccccc2C32c3ccccc3Oc3cc(-c4ccc(-c5ccccc5)c(Nc5ccccc5)c4)ccc32)=C1. The number of rotatable bonds is 5. The van der Waals surface area contributed by atoms with Gasteiger partial charge in [-0.3, -0.25) is 0 Å². The fourth-order valence-corrected chi connectivity index (χ4v) is 8.05. The first-order chi connectivity index (χ1) is 25.8. The van der Waals surface area contributed by atoms with E-state index in [1.54, 1.807) is 0 Å². The van der Waals surface area contributed by atoms with E-state index in [-0.39, 0.29) is 0 Å². The molecule has 0 aliphatic carbocycles. The van der Waals surface area contributed by atoms with Gasteiger partial charge in [0.2, 0.25) is 0 Å². The van der Waals surface area contributed by atoms with Crippen LogP contribution in [-0.2, 0) is 5.41 Å². The minimum Gasteiger partial charge on any atom is -0.457 e. The number of fused-ring (bicyclic) bond motifs is 8. The lowest BCUT2D eigenvalue weighted by Gasteiger charge is -2.45. The fourth-order valence-electron chi connectivity index (χ4n) is 8.05. The van der Waals surface area contributed by atoms with E-state index >= 15 is 0 Å². The topological polar surface area (TPSA) is 42.5 Å². The summed E-state index contributed by atoms with van der Waals surface area (Å²) in [5.41, 5.74) is 12.4. The molecule has 1 spiro atoms. The van der Waals surface area contributed by atoms with Crippen molar-refractivity contribution in [2.75, 3.05) is 11.9 Å². The molecule has 0 radical (unpaired) electrons. The second-order valence-corrected chi connectivity index (χ2v) is 13.4. The highest BCUT2D eigenvalue weighted by atomic mass is 16.5. The zero-order valence-electron chi connectivity index (χ0n) is 28.3. The molecule has 2 N–H and O–H groups in total. The maximum atomic E-state index is 6.85. The molecule has 3 aliphatic heterocycles. The van der Waals surface area contributed by atoms with Crippen molar-refractivity contribution in [1.29, 1.82) is 0 Å². The van der Waals surface area contributed by atoms with Gasteiger partial charge in [0.05, 0.1) is 5.41 Å². The van der Waals surface area contributed by atoms with Crippen LogP contribution in [-0.4, -0.2) is 6.54 Å². The van der Waals surface area contributed by atoms with Crippen LogP contribution >= 0.6 is 0 Å². The lowest BCUT2D eigenvalue weighted by atomic mass is 9.62. The van der Waals surface area contributed by atoms with Crippen LogP contribution in [0.4, 0.5) is 11.4 Å². The van der Waals surface area contributed by atoms with E-state index in [1.807, 2.05) is 12.1 Å². The summed E-state index contributed by atoms with van der Waals surface area (Å²) in [6.07, 6.45) is 6.33. The van der Waals surface area contributed by atoms with Crippen LogP contribution in [0.3, 0.4) is 0 Å². The van der Waals surface area contributed by atoms with Gasteiger partial charge in [-0.1, -0.05) is 133 Å². The molecular weight excluding hydrogens is 637 g/mol. The van der Waals surface area contributed by atoms with Gasteiger partial charge in [-0.15, -0.1) is 0 Å². The zero-order chi connectivity index (χ0) is 34.5. The number of anilines is 2. The summed E-state index contributed by atoms with van der Waals surface area (Å²) in [6, 6.07) is 57.7. The summed E-state index contributed by atoms with van der Waals surface area (Å²) in [4.78, 5) is 0. The van der Waals surface area contributed by atoms with Crippen LogP contribution in [0.5, 0.6) is 23.0 Å². The Kier molecular flexibility index (Phi) is 7.07. The molecule has 248 valence electrons. The van der Waals surface area contributed by atoms with Crippen molar-refractivity contribution in [3.8, 4) is 45.3 Å². The van der Waals surface area contributed by atoms with Gasteiger partial charge in [0.25, 0.3) is 0 Å². The molecule has 0 saturated carbocycles. The summed E-state index contributed by atoms with van der Waals surface area (Å²) in [6.45, 7) is 0.801. The van der Waals surface area contributed by atoms with Gasteiger partial charge in [0.15, 0.2) is 0 Å². The average Bonchev–Trinajstić information content (AvgIpc) is 3.21. The molecule has 4 heteroatoms. The molecule has 0 fully saturated rings. The van der Waals surface area contributed by atoms with Crippen molar-refractivity contribution in [2.24, 2.45) is 0 Å². The van der Waals surface area contributed by atoms with E-state index in [2.05, 4.69) is 181 Å². The number of para-hydroxylation sites is 3. The Morgan fingerprint density at radius 2 is 1.04 bits per heavy atom. The molecule has 7 aromatic carbocycles. The van der Waals surface area contributed by atoms with Crippen LogP contribution < -0.4 is 20.1 Å². The number of ether oxygens (including phenoxy) is 2. The molecule has 52 heavy (non-hydrogen) atoms. The number of benzene rings is 7. The molecule has 3 aliphatic rings. The van der Waals surface area contributed by atoms with E-state index in [1.165, 1.54) is 0 Å². The third kappa shape index (κ3) is 4.84. The minimum absolute atomic E-state index is 0.656. The average molecular weight is 671 g/mol. The first-order valence-corrected chi connectivity index (χ1v) is 17.7. The van der Waals surface area contributed by atoms with Crippen molar-refractivity contribution in [2.45, 2.75) is 5.41 Å². The van der Waals surface area contributed by atoms with Gasteiger partial charge in [-0.05, 0) is 65.2 Å². The molecule has 1 atom stereocenters. The van der Waals surface area contributed by atoms with E-state index in [0.717, 1.165) is 96.7 Å². The maximum absolute atomic E-state index is 6.85. The van der Waals surface area contributed by atoms with Gasteiger partial charge >= 0.3 is 0 Å². The van der Waals surface area contributed by atoms with Gasteiger partial charge in [0, 0.05) is 57.0 Å². The van der Waals surface area contributed by atoms with Gasteiger partial charge < -0.3 is 20.1 Å². The maximum Gasteiger partial charge on any atom is 0.132 e. The highest BCUT2D eigenvalue weighted by Gasteiger charge is 2.50. The van der Waals surface area contributed by atoms with Crippen molar-refractivity contribution in [1.82, 2.24) is 5.32 Å². The Morgan fingerprint density at radius 1 is 0.481 bits per heavy atom. The highest BCUT2D eigenvalue weighted by molar-refractivity contribution is 5.86. The Balaban J connectivity index is 1.16. The smallest absolute Gasteiger partial charge is 0.132 e. The Labute approximate surface area is 303 Å². The molecule has 0 bridgehead atoms. The predicted octanol–water partition coefficient (Wildman–Crippen LogP) is 11.9. The van der Waals surface area contributed by atoms with E-state index < -0.39 is 5.41 Å². The molecule has 0 saturated heterocycles. The molecule has 0 aromatic heterocycles. The third-order valence-electron chi connectivity index (χ3n) is 10.4. The second kappa shape index (κ2) is 12.2. The first-order valence-electron chi connectivity index (χ1n) is 17.7. The van der Waals surface area contributed by atoms with Crippen LogP contribution in [0.15, 0.2) is 182 Å². The lowest BCUT2D eigenvalue weighted by Crippen LogP contribution is -2.36. The third-order valence-corrected chi connectivity index (χ3v) is 10.4. The van der Waals surface area contributed by atoms with E-state index in [9.17, 15) is 0 Å². The number of nitrogens with one attached hydrogen (secondary N) is 2. The van der Waals surface area contributed by atoms with Crippen molar-refractivity contribution in [3.05, 3.63) is 210 Å². The van der Waals surface area contributed by atoms with E-state index in [0.29, 0.717) is 0 Å². The Morgan fingerprint density at radius 3 is 1.71 bits per heavy atom. The summed E-state index contributed by atoms with van der Waals surface area (Å²) < 4.78 is 13.6. The highest BCUT2D eigenvalue weighted by Crippen LogP contribution is 2.61. The predicted molar refractivity (Wildman–Crippen MR) is 211 cm³/mol. The summed E-state index contributed by atoms with van der Waals surface area (Å²) in [7, 11) is 0. The van der Waals surface area contributed by atoms with Crippen molar-refractivity contribution < 1.29 is 9.47 Å². The van der Waals surface area contributed by atoms with Gasteiger partial charge in [-0.2, -0.15) is 0 Å². The number of dihydropyridines is 1. The summed E-state index contributed by atoms with van der Waals surface area (Å²) >= 11 is 0. The molecule has 0 amide bonds. The largest absolute Gasteiger partial charge is 0.457 e. The van der Waals surface area contributed by atoms with E-state index in [4.69, 9.17) is 9.47 Å². The van der Waals surface area contributed by atoms with Crippen molar-refractivity contribution in [3.63, 3.8) is 0 Å². The molecule has 10 rings (SSSR count). The molecule has 7 aromatic rings. The van der Waals surface area contributed by atoms with Gasteiger partial charge in [-0.25, -0.2) is 0 Å². The normalized spacial score (nSPS) is 16.2. The quantitative estimate of drug-likeness (QED) is 0.191. The molecule has 1 unspecified atom stereocenters. The van der Waals surface area contributed by atoms with Crippen LogP contribution in [0.25, 0.3) is 28.0 Å². The summed E-state index contributed by atoms with van der Waals surface area (Å²) in [5, 5.41) is 7.21. The Hall–Kier alpha value is -6.78. The second-order valence-electron chi connectivity index (χ2n) is 13.4. The van der Waals surface area contributed by atoms with Crippen LogP contribution in [0, 0.1) is 0 Å². The van der Waals surface area contributed by atoms with Crippen LogP contribution in [0.2, 0.25) is 0 Å². The number of hydrogen-bond donors (Lipinski definition) is 2. The van der Waals surface area contributed by atoms with Crippen LogP contribution in [0.1, 0.15) is 27.8 Å². The monoisotopic (exact) mass is 670 g/mol. The van der Waals surface area contributed by atoms with Crippen molar-refractivity contribution >= 4 is 17.1 Å². The first kappa shape index (κ1) is 30.1. The number of allylic oxidation sites excluding steroid dienone is 2. The number of hydrogen-bond acceptors (Lipinski definition) is 4. The molecule has 4 nitrogen and oxygen atoms in total. The fraction of sp³-hybridized carbons (Fsp3) is 0.0417. The zero-order valence-corrected chi connectivity index (χ0v) is 28.3.